The molecule has 0 fully saturated rings. The van der Waals surface area contributed by atoms with Crippen LogP contribution in [-0.2, 0) is 9.84 Å². The number of rotatable bonds is 5. The summed E-state index contributed by atoms with van der Waals surface area (Å²) < 4.78 is 22.6. The minimum atomic E-state index is -3.02. The second-order valence-corrected chi connectivity index (χ2v) is 5.72. The molecule has 1 rings (SSSR count). The van der Waals surface area contributed by atoms with Crippen molar-refractivity contribution in [1.29, 1.82) is 0 Å². The zero-order chi connectivity index (χ0) is 11.1. The molecule has 0 aliphatic heterocycles. The van der Waals surface area contributed by atoms with Gasteiger partial charge in [-0.25, -0.2) is 8.42 Å². The molecule has 0 atom stereocenters. The van der Waals surface area contributed by atoms with Crippen molar-refractivity contribution in [1.82, 2.24) is 0 Å². The molecule has 0 radical (unpaired) electrons. The highest BCUT2D eigenvalue weighted by molar-refractivity contribution is 7.91. The average molecular weight is 245 g/mol. The first kappa shape index (κ1) is 12.3. The van der Waals surface area contributed by atoms with Crippen LogP contribution in [0.3, 0.4) is 0 Å². The SMILES string of the molecule is O=S(=O)(CC=Cc1ccccc1)CCCl. The lowest BCUT2D eigenvalue weighted by molar-refractivity contribution is 0.600. The lowest BCUT2D eigenvalue weighted by atomic mass is 10.2. The second-order valence-electron chi connectivity index (χ2n) is 3.12. The Morgan fingerprint density at radius 2 is 1.87 bits per heavy atom. The molecule has 0 amide bonds. The molecule has 2 nitrogen and oxygen atoms in total. The summed E-state index contributed by atoms with van der Waals surface area (Å²) in [5.74, 6) is 0.240. The first-order valence-corrected chi connectivity index (χ1v) is 6.97. The molecule has 0 spiro atoms. The van der Waals surface area contributed by atoms with Crippen LogP contribution in [0, 0.1) is 0 Å². The standard InChI is InChI=1S/C11H13ClO2S/c12-8-10-15(13,14)9-4-7-11-5-2-1-3-6-11/h1-7H,8-10H2. The van der Waals surface area contributed by atoms with Crippen molar-refractivity contribution >= 4 is 27.5 Å². The summed E-state index contributed by atoms with van der Waals surface area (Å²) in [5, 5.41) is 0. The number of halogens is 1. The molecule has 0 unspecified atom stereocenters. The Balaban J connectivity index is 2.54. The Labute approximate surface area is 95.5 Å². The van der Waals surface area contributed by atoms with Gasteiger partial charge in [0.05, 0.1) is 11.5 Å². The number of alkyl halides is 1. The Bertz CT molecular complexity index is 409. The van der Waals surface area contributed by atoms with Crippen LogP contribution < -0.4 is 0 Å². The molecule has 0 saturated carbocycles. The predicted octanol–water partition coefficient (Wildman–Crippen LogP) is 2.35. The lowest BCUT2D eigenvalue weighted by Gasteiger charge is -1.96. The molecule has 0 aromatic heterocycles. The maximum Gasteiger partial charge on any atom is 0.155 e. The van der Waals surface area contributed by atoms with Gasteiger partial charge in [-0.15, -0.1) is 11.6 Å². The molecule has 0 aliphatic carbocycles. The Morgan fingerprint density at radius 3 is 2.47 bits per heavy atom. The summed E-state index contributed by atoms with van der Waals surface area (Å²) in [7, 11) is -3.02. The number of benzene rings is 1. The second kappa shape index (κ2) is 5.93. The minimum Gasteiger partial charge on any atom is -0.228 e. The van der Waals surface area contributed by atoms with Crippen molar-refractivity contribution < 1.29 is 8.42 Å². The fraction of sp³-hybridized carbons (Fsp3) is 0.273. The van der Waals surface area contributed by atoms with Gasteiger partial charge in [0.1, 0.15) is 0 Å². The van der Waals surface area contributed by atoms with Crippen LogP contribution in [0.5, 0.6) is 0 Å². The van der Waals surface area contributed by atoms with E-state index in [0.29, 0.717) is 0 Å². The van der Waals surface area contributed by atoms with Gasteiger partial charge < -0.3 is 0 Å². The zero-order valence-corrected chi connectivity index (χ0v) is 9.84. The van der Waals surface area contributed by atoms with Crippen molar-refractivity contribution in [2.45, 2.75) is 0 Å². The van der Waals surface area contributed by atoms with Gasteiger partial charge in [0, 0.05) is 5.88 Å². The Morgan fingerprint density at radius 1 is 1.20 bits per heavy atom. The molecule has 0 N–H and O–H groups in total. The van der Waals surface area contributed by atoms with Crippen LogP contribution in [0.2, 0.25) is 0 Å². The van der Waals surface area contributed by atoms with E-state index in [-0.39, 0.29) is 17.4 Å². The van der Waals surface area contributed by atoms with Crippen molar-refractivity contribution in [3.05, 3.63) is 42.0 Å². The van der Waals surface area contributed by atoms with E-state index < -0.39 is 9.84 Å². The van der Waals surface area contributed by atoms with Crippen molar-refractivity contribution in [3.63, 3.8) is 0 Å². The highest BCUT2D eigenvalue weighted by atomic mass is 35.5. The molecule has 1 aromatic rings. The van der Waals surface area contributed by atoms with E-state index in [1.807, 2.05) is 30.3 Å². The first-order chi connectivity index (χ1) is 7.14. The topological polar surface area (TPSA) is 34.1 Å². The molecule has 0 saturated heterocycles. The molecule has 15 heavy (non-hydrogen) atoms. The summed E-state index contributed by atoms with van der Waals surface area (Å²) in [6, 6.07) is 9.58. The maximum atomic E-state index is 11.3. The summed E-state index contributed by atoms with van der Waals surface area (Å²) in [6.07, 6.45) is 3.45. The molecule has 0 heterocycles. The van der Waals surface area contributed by atoms with Gasteiger partial charge in [-0.1, -0.05) is 42.5 Å². The van der Waals surface area contributed by atoms with E-state index in [9.17, 15) is 8.42 Å². The van der Waals surface area contributed by atoms with Crippen molar-refractivity contribution in [2.75, 3.05) is 17.4 Å². The van der Waals surface area contributed by atoms with E-state index in [2.05, 4.69) is 0 Å². The molecule has 0 bridgehead atoms. The minimum absolute atomic E-state index is 0.0354. The van der Waals surface area contributed by atoms with E-state index in [4.69, 9.17) is 11.6 Å². The fourth-order valence-electron chi connectivity index (χ4n) is 1.10. The third-order valence-corrected chi connectivity index (χ3v) is 3.79. The predicted molar refractivity (Wildman–Crippen MR) is 64.8 cm³/mol. The Kier molecular flexibility index (Phi) is 4.85. The van der Waals surface area contributed by atoms with Crippen molar-refractivity contribution in [2.24, 2.45) is 0 Å². The first-order valence-electron chi connectivity index (χ1n) is 4.62. The van der Waals surface area contributed by atoms with E-state index in [1.165, 1.54) is 0 Å². The summed E-state index contributed by atoms with van der Waals surface area (Å²) in [5.41, 5.74) is 0.999. The van der Waals surface area contributed by atoms with Gasteiger partial charge in [-0.3, -0.25) is 0 Å². The zero-order valence-electron chi connectivity index (χ0n) is 8.27. The van der Waals surface area contributed by atoms with Crippen molar-refractivity contribution in [3.8, 4) is 0 Å². The summed E-state index contributed by atoms with van der Waals surface area (Å²) in [4.78, 5) is 0. The van der Waals surface area contributed by atoms with Crippen LogP contribution in [0.1, 0.15) is 5.56 Å². The van der Waals surface area contributed by atoms with Gasteiger partial charge in [0.25, 0.3) is 0 Å². The number of hydrogen-bond acceptors (Lipinski definition) is 2. The Hall–Kier alpha value is -0.800. The lowest BCUT2D eigenvalue weighted by Crippen LogP contribution is -2.10. The average Bonchev–Trinajstić information content (AvgIpc) is 2.19. The van der Waals surface area contributed by atoms with Gasteiger partial charge in [0.15, 0.2) is 9.84 Å². The van der Waals surface area contributed by atoms with E-state index in [1.54, 1.807) is 12.2 Å². The third-order valence-electron chi connectivity index (χ3n) is 1.85. The molecule has 4 heteroatoms. The smallest absolute Gasteiger partial charge is 0.155 e. The number of hydrogen-bond donors (Lipinski definition) is 0. The van der Waals surface area contributed by atoms with Crippen LogP contribution in [0.15, 0.2) is 36.4 Å². The fourth-order valence-corrected chi connectivity index (χ4v) is 2.59. The largest absolute Gasteiger partial charge is 0.228 e. The van der Waals surface area contributed by atoms with E-state index in [0.717, 1.165) is 5.56 Å². The van der Waals surface area contributed by atoms with Crippen LogP contribution in [-0.4, -0.2) is 25.8 Å². The molecule has 0 aliphatic rings. The van der Waals surface area contributed by atoms with Crippen LogP contribution >= 0.6 is 11.6 Å². The monoisotopic (exact) mass is 244 g/mol. The molecular formula is C11H13ClO2S. The van der Waals surface area contributed by atoms with Gasteiger partial charge >= 0.3 is 0 Å². The molecular weight excluding hydrogens is 232 g/mol. The van der Waals surface area contributed by atoms with Gasteiger partial charge in [-0.2, -0.15) is 0 Å². The van der Waals surface area contributed by atoms with Gasteiger partial charge in [0.2, 0.25) is 0 Å². The highest BCUT2D eigenvalue weighted by Crippen LogP contribution is 2.02. The number of sulfone groups is 1. The van der Waals surface area contributed by atoms with Crippen LogP contribution in [0.4, 0.5) is 0 Å². The quantitative estimate of drug-likeness (QED) is 0.746. The molecule has 1 aromatic carbocycles. The highest BCUT2D eigenvalue weighted by Gasteiger charge is 2.06. The van der Waals surface area contributed by atoms with E-state index >= 15 is 0 Å². The third kappa shape index (κ3) is 5.00. The normalized spacial score (nSPS) is 12.1. The van der Waals surface area contributed by atoms with Gasteiger partial charge in [-0.05, 0) is 5.56 Å². The summed E-state index contributed by atoms with van der Waals surface area (Å²) >= 11 is 5.38. The summed E-state index contributed by atoms with van der Waals surface area (Å²) in [6.45, 7) is 0. The maximum absolute atomic E-state index is 11.3. The molecule has 82 valence electrons. The van der Waals surface area contributed by atoms with Crippen LogP contribution in [0.25, 0.3) is 6.08 Å².